The highest BCUT2D eigenvalue weighted by Crippen LogP contribution is 2.26. The molecule has 2 unspecified atom stereocenters. The van der Waals surface area contributed by atoms with Crippen LogP contribution in [0.15, 0.2) is 28.9 Å². The van der Waals surface area contributed by atoms with Gasteiger partial charge in [-0.3, -0.25) is 5.01 Å². The third-order valence-electron chi connectivity index (χ3n) is 2.45. The van der Waals surface area contributed by atoms with Crippen molar-refractivity contribution in [2.24, 2.45) is 16.8 Å². The van der Waals surface area contributed by atoms with Gasteiger partial charge >= 0.3 is 0 Å². The molecule has 0 fully saturated rings. The molecular weight excluding hydrogens is 150 g/mol. The van der Waals surface area contributed by atoms with Gasteiger partial charge in [0.05, 0.1) is 6.04 Å². The SMILES string of the molecule is CN1N=CC2C=CC=C(CN)C21. The van der Waals surface area contributed by atoms with Gasteiger partial charge in [0.1, 0.15) is 0 Å². The molecule has 0 amide bonds. The average molecular weight is 163 g/mol. The molecular formula is C9H13N3. The summed E-state index contributed by atoms with van der Waals surface area (Å²) in [5.74, 6) is 0.429. The molecule has 2 atom stereocenters. The summed E-state index contributed by atoms with van der Waals surface area (Å²) in [6.07, 6.45) is 8.29. The van der Waals surface area contributed by atoms with E-state index in [-0.39, 0.29) is 0 Å². The van der Waals surface area contributed by atoms with Gasteiger partial charge in [0, 0.05) is 25.7 Å². The van der Waals surface area contributed by atoms with E-state index >= 15 is 0 Å². The molecule has 0 aromatic carbocycles. The minimum Gasteiger partial charge on any atom is -0.327 e. The van der Waals surface area contributed by atoms with Gasteiger partial charge in [-0.1, -0.05) is 18.2 Å². The van der Waals surface area contributed by atoms with Crippen LogP contribution in [0.3, 0.4) is 0 Å². The van der Waals surface area contributed by atoms with Crippen molar-refractivity contribution in [3.05, 3.63) is 23.8 Å². The van der Waals surface area contributed by atoms with Crippen LogP contribution in [0, 0.1) is 5.92 Å². The van der Waals surface area contributed by atoms with E-state index < -0.39 is 0 Å². The average Bonchev–Trinajstić information content (AvgIpc) is 2.48. The Bertz CT molecular complexity index is 265. The molecule has 3 heteroatoms. The molecule has 0 spiro atoms. The van der Waals surface area contributed by atoms with Gasteiger partial charge < -0.3 is 5.73 Å². The second kappa shape index (κ2) is 2.75. The number of rotatable bonds is 1. The first kappa shape index (κ1) is 7.55. The largest absolute Gasteiger partial charge is 0.327 e. The van der Waals surface area contributed by atoms with E-state index in [0.717, 1.165) is 0 Å². The standard InChI is InChI=1S/C9H13N3/c1-12-9-7(5-10)3-2-4-8(9)6-11-12/h2-4,6,8-9H,5,10H2,1H3. The Kier molecular flexibility index (Phi) is 1.73. The van der Waals surface area contributed by atoms with Crippen molar-refractivity contribution >= 4 is 6.21 Å². The van der Waals surface area contributed by atoms with Crippen molar-refractivity contribution in [1.82, 2.24) is 5.01 Å². The number of fused-ring (bicyclic) bond motifs is 1. The Labute approximate surface area is 72.2 Å². The summed E-state index contributed by atoms with van der Waals surface area (Å²) in [6.45, 7) is 0.624. The first-order valence-electron chi connectivity index (χ1n) is 4.17. The number of nitrogens with zero attached hydrogens (tertiary/aromatic N) is 2. The van der Waals surface area contributed by atoms with Crippen molar-refractivity contribution in [3.8, 4) is 0 Å². The van der Waals surface area contributed by atoms with E-state index in [0.29, 0.717) is 18.5 Å². The molecule has 2 rings (SSSR count). The van der Waals surface area contributed by atoms with Crippen LogP contribution in [0.4, 0.5) is 0 Å². The Balaban J connectivity index is 2.27. The first-order valence-corrected chi connectivity index (χ1v) is 4.17. The lowest BCUT2D eigenvalue weighted by atomic mass is 9.90. The maximum atomic E-state index is 5.64. The maximum Gasteiger partial charge on any atom is 0.0804 e. The van der Waals surface area contributed by atoms with Gasteiger partial charge in [-0.15, -0.1) is 0 Å². The lowest BCUT2D eigenvalue weighted by Crippen LogP contribution is -2.34. The van der Waals surface area contributed by atoms with E-state index in [1.165, 1.54) is 5.57 Å². The topological polar surface area (TPSA) is 41.6 Å². The van der Waals surface area contributed by atoms with Crippen molar-refractivity contribution < 1.29 is 0 Å². The molecule has 1 aliphatic carbocycles. The molecule has 0 saturated carbocycles. The van der Waals surface area contributed by atoms with Gasteiger partial charge in [0.25, 0.3) is 0 Å². The fraction of sp³-hybridized carbons (Fsp3) is 0.444. The predicted molar refractivity (Wildman–Crippen MR) is 49.8 cm³/mol. The highest BCUT2D eigenvalue weighted by molar-refractivity contribution is 5.68. The van der Waals surface area contributed by atoms with E-state index in [1.807, 2.05) is 18.3 Å². The number of hydrogen-bond donors (Lipinski definition) is 1. The van der Waals surface area contributed by atoms with Crippen LogP contribution in [0.1, 0.15) is 0 Å². The molecule has 1 heterocycles. The van der Waals surface area contributed by atoms with Gasteiger partial charge in [-0.05, 0) is 5.57 Å². The summed E-state index contributed by atoms with van der Waals surface area (Å²) in [4.78, 5) is 0. The molecule has 0 saturated heterocycles. The molecule has 64 valence electrons. The smallest absolute Gasteiger partial charge is 0.0804 e. The van der Waals surface area contributed by atoms with Gasteiger partial charge in [0.15, 0.2) is 0 Å². The van der Waals surface area contributed by atoms with Crippen LogP contribution >= 0.6 is 0 Å². The van der Waals surface area contributed by atoms with Gasteiger partial charge in [0.2, 0.25) is 0 Å². The highest BCUT2D eigenvalue weighted by Gasteiger charge is 2.30. The summed E-state index contributed by atoms with van der Waals surface area (Å²) in [5.41, 5.74) is 6.90. The Morgan fingerprint density at radius 1 is 1.67 bits per heavy atom. The van der Waals surface area contributed by atoms with E-state index in [1.54, 1.807) is 0 Å². The minimum absolute atomic E-state index is 0.375. The third-order valence-corrected chi connectivity index (χ3v) is 2.45. The number of hydrazone groups is 1. The van der Waals surface area contributed by atoms with Crippen molar-refractivity contribution in [2.75, 3.05) is 13.6 Å². The van der Waals surface area contributed by atoms with Crippen LogP contribution in [0.25, 0.3) is 0 Å². The van der Waals surface area contributed by atoms with Crippen LogP contribution < -0.4 is 5.73 Å². The lowest BCUT2D eigenvalue weighted by molar-refractivity contribution is 0.292. The summed E-state index contributed by atoms with van der Waals surface area (Å²) in [7, 11) is 1.99. The molecule has 2 aliphatic rings. The number of nitrogens with two attached hydrogens (primary N) is 1. The number of likely N-dealkylation sites (N-methyl/N-ethyl adjacent to an activating group) is 1. The maximum absolute atomic E-state index is 5.64. The second-order valence-electron chi connectivity index (χ2n) is 3.19. The molecule has 0 aromatic heterocycles. The summed E-state index contributed by atoms with van der Waals surface area (Å²) >= 11 is 0. The summed E-state index contributed by atoms with van der Waals surface area (Å²) < 4.78 is 0. The Hall–Kier alpha value is -1.09. The zero-order chi connectivity index (χ0) is 8.55. The Morgan fingerprint density at radius 3 is 3.25 bits per heavy atom. The lowest BCUT2D eigenvalue weighted by Gasteiger charge is -2.26. The molecule has 2 N–H and O–H groups in total. The normalized spacial score (nSPS) is 32.2. The van der Waals surface area contributed by atoms with Gasteiger partial charge in [-0.25, -0.2) is 0 Å². The summed E-state index contributed by atoms with van der Waals surface area (Å²) in [5, 5.41) is 6.22. The predicted octanol–water partition coefficient (Wildman–Crippen LogP) is 0.357. The molecule has 0 aromatic rings. The fourth-order valence-electron chi connectivity index (χ4n) is 1.82. The molecule has 12 heavy (non-hydrogen) atoms. The zero-order valence-electron chi connectivity index (χ0n) is 7.14. The minimum atomic E-state index is 0.375. The van der Waals surface area contributed by atoms with E-state index in [9.17, 15) is 0 Å². The van der Waals surface area contributed by atoms with Gasteiger partial charge in [-0.2, -0.15) is 5.10 Å². The summed E-state index contributed by atoms with van der Waals surface area (Å²) in [6, 6.07) is 0.375. The van der Waals surface area contributed by atoms with Crippen molar-refractivity contribution in [2.45, 2.75) is 6.04 Å². The monoisotopic (exact) mass is 163 g/mol. The van der Waals surface area contributed by atoms with Crippen LogP contribution in [-0.2, 0) is 0 Å². The van der Waals surface area contributed by atoms with Crippen molar-refractivity contribution in [3.63, 3.8) is 0 Å². The fourth-order valence-corrected chi connectivity index (χ4v) is 1.82. The molecule has 0 radical (unpaired) electrons. The van der Waals surface area contributed by atoms with Crippen LogP contribution in [0.5, 0.6) is 0 Å². The third kappa shape index (κ3) is 0.975. The van der Waals surface area contributed by atoms with E-state index in [4.69, 9.17) is 5.73 Å². The van der Waals surface area contributed by atoms with Crippen LogP contribution in [0.2, 0.25) is 0 Å². The molecule has 3 nitrogen and oxygen atoms in total. The molecule has 1 aliphatic heterocycles. The number of hydrogen-bond acceptors (Lipinski definition) is 3. The van der Waals surface area contributed by atoms with Crippen LogP contribution in [-0.4, -0.2) is 30.9 Å². The van der Waals surface area contributed by atoms with E-state index in [2.05, 4.69) is 23.3 Å². The second-order valence-corrected chi connectivity index (χ2v) is 3.19. The first-order chi connectivity index (χ1) is 5.83. The quantitative estimate of drug-likeness (QED) is 0.606. The molecule has 0 bridgehead atoms. The zero-order valence-corrected chi connectivity index (χ0v) is 7.14. The Morgan fingerprint density at radius 2 is 2.50 bits per heavy atom. The highest BCUT2D eigenvalue weighted by atomic mass is 15.5. The van der Waals surface area contributed by atoms with Crippen molar-refractivity contribution in [1.29, 1.82) is 0 Å². The number of allylic oxidation sites excluding steroid dienone is 2.